The number of nitrogens with zero attached hydrogens (tertiary/aromatic N) is 2. The second kappa shape index (κ2) is 6.13. The van der Waals surface area contributed by atoms with E-state index in [0.717, 1.165) is 22.5 Å². The number of aryl methyl sites for hydroxylation is 2. The summed E-state index contributed by atoms with van der Waals surface area (Å²) >= 11 is 0. The maximum atomic E-state index is 13.0. The Morgan fingerprint density at radius 2 is 1.31 bits per heavy atom. The molecule has 2 heterocycles. The molecule has 0 unspecified atom stereocenters. The lowest BCUT2D eigenvalue weighted by atomic mass is 10.0. The first-order valence-electron chi connectivity index (χ1n) is 8.76. The van der Waals surface area contributed by atoms with E-state index in [1.54, 1.807) is 4.90 Å². The van der Waals surface area contributed by atoms with Crippen molar-refractivity contribution in [1.29, 1.82) is 0 Å². The van der Waals surface area contributed by atoms with Crippen molar-refractivity contribution < 1.29 is 13.2 Å². The second-order valence-corrected chi connectivity index (χ2v) is 9.43. The van der Waals surface area contributed by atoms with Gasteiger partial charge in [-0.05, 0) is 38.1 Å². The van der Waals surface area contributed by atoms with Crippen LogP contribution in [0, 0.1) is 13.8 Å². The third kappa shape index (κ3) is 2.98. The lowest BCUT2D eigenvalue weighted by molar-refractivity contribution is -0.118. The highest BCUT2D eigenvalue weighted by atomic mass is 32.2. The second-order valence-electron chi connectivity index (χ2n) is 7.27. The molecule has 5 nitrogen and oxygen atoms in total. The number of rotatable bonds is 2. The fraction of sp³-hybridized carbons (Fsp3) is 0.350. The molecular formula is C20H22N2O3S. The van der Waals surface area contributed by atoms with Gasteiger partial charge in [0.2, 0.25) is 5.91 Å². The predicted molar refractivity (Wildman–Crippen MR) is 103 cm³/mol. The van der Waals surface area contributed by atoms with Crippen molar-refractivity contribution in [1.82, 2.24) is 0 Å². The summed E-state index contributed by atoms with van der Waals surface area (Å²) in [6.07, 6.45) is 0. The normalized spacial score (nSPS) is 24.6. The van der Waals surface area contributed by atoms with Gasteiger partial charge in [-0.3, -0.25) is 4.79 Å². The van der Waals surface area contributed by atoms with Gasteiger partial charge in [0.25, 0.3) is 0 Å². The summed E-state index contributed by atoms with van der Waals surface area (Å²) in [4.78, 5) is 16.6. The van der Waals surface area contributed by atoms with Gasteiger partial charge in [0.05, 0.1) is 30.1 Å². The Morgan fingerprint density at radius 3 is 1.88 bits per heavy atom. The number of anilines is 2. The Balaban J connectivity index is 1.74. The van der Waals surface area contributed by atoms with Gasteiger partial charge in [0.15, 0.2) is 9.84 Å². The van der Waals surface area contributed by atoms with Crippen LogP contribution in [0.5, 0.6) is 0 Å². The van der Waals surface area contributed by atoms with E-state index in [9.17, 15) is 13.2 Å². The van der Waals surface area contributed by atoms with E-state index < -0.39 is 9.84 Å². The molecule has 6 heteroatoms. The molecule has 2 aliphatic rings. The quantitative estimate of drug-likeness (QED) is 0.814. The van der Waals surface area contributed by atoms with Gasteiger partial charge in [0, 0.05) is 11.4 Å². The molecule has 0 bridgehead atoms. The zero-order valence-electron chi connectivity index (χ0n) is 14.9. The average Bonchev–Trinajstić information content (AvgIpc) is 2.91. The summed E-state index contributed by atoms with van der Waals surface area (Å²) in [5.41, 5.74) is 3.92. The first-order chi connectivity index (χ1) is 12.3. The van der Waals surface area contributed by atoms with E-state index in [1.165, 1.54) is 0 Å². The minimum absolute atomic E-state index is 0.0135. The van der Waals surface area contributed by atoms with Crippen molar-refractivity contribution in [3.8, 4) is 0 Å². The van der Waals surface area contributed by atoms with Crippen LogP contribution < -0.4 is 9.80 Å². The molecule has 136 valence electrons. The Hall–Kier alpha value is -2.34. The van der Waals surface area contributed by atoms with E-state index in [2.05, 4.69) is 0 Å². The first kappa shape index (κ1) is 17.1. The maximum Gasteiger partial charge on any atom is 0.246 e. The molecule has 26 heavy (non-hydrogen) atoms. The van der Waals surface area contributed by atoms with Crippen LogP contribution in [0.15, 0.2) is 48.5 Å². The largest absolute Gasteiger partial charge is 0.356 e. The molecule has 2 atom stereocenters. The Labute approximate surface area is 154 Å². The Kier molecular flexibility index (Phi) is 4.03. The summed E-state index contributed by atoms with van der Waals surface area (Å²) in [5, 5.41) is 0. The minimum Gasteiger partial charge on any atom is -0.356 e. The molecule has 0 radical (unpaired) electrons. The predicted octanol–water partition coefficient (Wildman–Crippen LogP) is 2.32. The number of benzene rings is 2. The van der Waals surface area contributed by atoms with Crippen LogP contribution in [0.1, 0.15) is 11.1 Å². The van der Waals surface area contributed by atoms with E-state index >= 15 is 0 Å². The molecule has 2 saturated heterocycles. The topological polar surface area (TPSA) is 57.7 Å². The summed E-state index contributed by atoms with van der Waals surface area (Å²) < 4.78 is 24.8. The standard InChI is InChI=1S/C20H22N2O3S/c1-14-3-7-16(8-4-14)21-11-20(23)22(17-9-5-15(2)6-10-17)19-13-26(24,25)12-18(19)21/h3-10,18-19H,11-13H2,1-2H3/t18-,19+/m1/s1. The van der Waals surface area contributed by atoms with Gasteiger partial charge in [0.1, 0.15) is 0 Å². The Morgan fingerprint density at radius 1 is 0.808 bits per heavy atom. The average molecular weight is 370 g/mol. The van der Waals surface area contributed by atoms with Crippen LogP contribution in [0.3, 0.4) is 0 Å². The van der Waals surface area contributed by atoms with E-state index in [-0.39, 0.29) is 36.0 Å². The number of hydrogen-bond donors (Lipinski definition) is 0. The van der Waals surface area contributed by atoms with Crippen molar-refractivity contribution in [3.63, 3.8) is 0 Å². The van der Waals surface area contributed by atoms with E-state index in [1.807, 2.05) is 67.3 Å². The highest BCUT2D eigenvalue weighted by Gasteiger charge is 2.49. The maximum absolute atomic E-state index is 13.0. The highest BCUT2D eigenvalue weighted by Crippen LogP contribution is 2.34. The van der Waals surface area contributed by atoms with Crippen LogP contribution in [0.25, 0.3) is 0 Å². The van der Waals surface area contributed by atoms with Crippen molar-refractivity contribution in [2.24, 2.45) is 0 Å². The molecule has 0 N–H and O–H groups in total. The summed E-state index contributed by atoms with van der Waals surface area (Å²) in [5.74, 6) is 0.0358. The molecule has 2 aromatic rings. The number of amides is 1. The highest BCUT2D eigenvalue weighted by molar-refractivity contribution is 7.91. The van der Waals surface area contributed by atoms with Crippen molar-refractivity contribution >= 4 is 27.1 Å². The number of carbonyl (C=O) groups excluding carboxylic acids is 1. The van der Waals surface area contributed by atoms with Crippen LogP contribution in [-0.4, -0.2) is 44.5 Å². The van der Waals surface area contributed by atoms with Crippen LogP contribution >= 0.6 is 0 Å². The molecule has 1 amide bonds. The monoisotopic (exact) mass is 370 g/mol. The van der Waals surface area contributed by atoms with Gasteiger partial charge in [-0.2, -0.15) is 0 Å². The fourth-order valence-electron chi connectivity index (χ4n) is 3.94. The van der Waals surface area contributed by atoms with Crippen molar-refractivity contribution in [2.45, 2.75) is 25.9 Å². The molecule has 0 aliphatic carbocycles. The molecular weight excluding hydrogens is 348 g/mol. The van der Waals surface area contributed by atoms with Crippen LogP contribution in [0.4, 0.5) is 11.4 Å². The SMILES string of the molecule is Cc1ccc(N2CC(=O)N(c3ccc(C)cc3)[C@H]3CS(=O)(=O)C[C@H]32)cc1. The summed E-state index contributed by atoms with van der Waals surface area (Å²) in [6.45, 7) is 4.19. The summed E-state index contributed by atoms with van der Waals surface area (Å²) in [7, 11) is -3.19. The fourth-order valence-corrected chi connectivity index (χ4v) is 5.89. The lowest BCUT2D eigenvalue weighted by Gasteiger charge is -2.44. The molecule has 0 saturated carbocycles. The zero-order chi connectivity index (χ0) is 18.5. The van der Waals surface area contributed by atoms with Gasteiger partial charge >= 0.3 is 0 Å². The number of sulfone groups is 1. The van der Waals surface area contributed by atoms with Crippen LogP contribution in [0.2, 0.25) is 0 Å². The number of carbonyl (C=O) groups is 1. The van der Waals surface area contributed by atoms with Gasteiger partial charge in [-0.15, -0.1) is 0 Å². The zero-order valence-corrected chi connectivity index (χ0v) is 15.7. The van der Waals surface area contributed by atoms with Gasteiger partial charge in [-0.1, -0.05) is 35.4 Å². The molecule has 0 spiro atoms. The third-order valence-corrected chi connectivity index (χ3v) is 6.98. The molecule has 2 aliphatic heterocycles. The van der Waals surface area contributed by atoms with E-state index in [4.69, 9.17) is 0 Å². The third-order valence-electron chi connectivity index (χ3n) is 5.28. The minimum atomic E-state index is -3.19. The molecule has 2 aromatic carbocycles. The lowest BCUT2D eigenvalue weighted by Crippen LogP contribution is -2.62. The van der Waals surface area contributed by atoms with Crippen LogP contribution in [-0.2, 0) is 14.6 Å². The molecule has 4 rings (SSSR count). The van der Waals surface area contributed by atoms with E-state index in [0.29, 0.717) is 0 Å². The molecule has 2 fully saturated rings. The van der Waals surface area contributed by atoms with Crippen molar-refractivity contribution in [3.05, 3.63) is 59.7 Å². The number of fused-ring (bicyclic) bond motifs is 1. The van der Waals surface area contributed by atoms with Gasteiger partial charge < -0.3 is 9.80 Å². The molecule has 0 aromatic heterocycles. The summed E-state index contributed by atoms with van der Waals surface area (Å²) in [6, 6.07) is 15.0. The number of hydrogen-bond acceptors (Lipinski definition) is 4. The smallest absolute Gasteiger partial charge is 0.246 e. The van der Waals surface area contributed by atoms with Gasteiger partial charge in [-0.25, -0.2) is 8.42 Å². The number of piperazine rings is 1. The van der Waals surface area contributed by atoms with Crippen molar-refractivity contribution in [2.75, 3.05) is 27.9 Å². The first-order valence-corrected chi connectivity index (χ1v) is 10.6. The Bertz CT molecular complexity index is 936.